The normalized spacial score (nSPS) is 14.9. The summed E-state index contributed by atoms with van der Waals surface area (Å²) in [6, 6.07) is 19.0. The molecule has 243 valence electrons. The molecule has 0 saturated carbocycles. The number of hydrogen-bond donors (Lipinski definition) is 1. The topological polar surface area (TPSA) is 50.2 Å². The van der Waals surface area contributed by atoms with E-state index < -0.39 is 0 Å². The van der Waals surface area contributed by atoms with Crippen molar-refractivity contribution >= 4 is 27.5 Å². The second kappa shape index (κ2) is 14.3. The molecule has 0 atom stereocenters. The Balaban J connectivity index is 0.000000297. The van der Waals surface area contributed by atoms with Crippen molar-refractivity contribution in [1.82, 2.24) is 4.98 Å². The van der Waals surface area contributed by atoms with Gasteiger partial charge in [0.15, 0.2) is 5.78 Å². The Bertz CT molecular complexity index is 1720. The van der Waals surface area contributed by atoms with Crippen molar-refractivity contribution in [2.75, 3.05) is 0 Å². The molecule has 4 aromatic rings. The van der Waals surface area contributed by atoms with E-state index in [2.05, 4.69) is 97.0 Å². The number of rotatable bonds is 7. The van der Waals surface area contributed by atoms with Crippen LogP contribution in [0.4, 0.5) is 0 Å². The van der Waals surface area contributed by atoms with Gasteiger partial charge in [0.1, 0.15) is 0 Å². The molecule has 0 amide bonds. The Morgan fingerprint density at radius 3 is 1.98 bits per heavy atom. The molecule has 45 heavy (non-hydrogen) atoms. The van der Waals surface area contributed by atoms with Gasteiger partial charge in [0.2, 0.25) is 0 Å². The predicted molar refractivity (Wildman–Crippen MR) is 188 cm³/mol. The fraction of sp³-hybridized carbons (Fsp3) is 0.463. The van der Waals surface area contributed by atoms with Gasteiger partial charge in [0.05, 0.1) is 11.3 Å². The summed E-state index contributed by atoms with van der Waals surface area (Å²) in [4.78, 5) is 16.9. The summed E-state index contributed by atoms with van der Waals surface area (Å²) in [5.74, 6) is 0.547. The second-order valence-electron chi connectivity index (χ2n) is 13.8. The van der Waals surface area contributed by atoms with Gasteiger partial charge in [0, 0.05) is 49.1 Å². The van der Waals surface area contributed by atoms with E-state index in [0.717, 1.165) is 36.9 Å². The van der Waals surface area contributed by atoms with Crippen molar-refractivity contribution in [2.24, 2.45) is 11.8 Å². The fourth-order valence-corrected chi connectivity index (χ4v) is 7.28. The first-order valence-corrected chi connectivity index (χ1v) is 16.6. The van der Waals surface area contributed by atoms with E-state index in [9.17, 15) is 9.90 Å². The summed E-state index contributed by atoms with van der Waals surface area (Å²) < 4.78 is 0. The number of aromatic nitrogens is 1. The summed E-state index contributed by atoms with van der Waals surface area (Å²) in [5, 5.41) is 13.5. The Morgan fingerprint density at radius 2 is 1.38 bits per heavy atom. The molecule has 3 aromatic carbocycles. The number of carbonyl (C=O) groups is 1. The monoisotopic (exact) mass is 783 g/mol. The largest absolute Gasteiger partial charge is 0.512 e. The van der Waals surface area contributed by atoms with Crippen LogP contribution in [0.2, 0.25) is 0 Å². The zero-order valence-electron chi connectivity index (χ0n) is 29.2. The van der Waals surface area contributed by atoms with Gasteiger partial charge in [-0.3, -0.25) is 9.78 Å². The predicted octanol–water partition coefficient (Wildman–Crippen LogP) is 11.2. The number of benzene rings is 3. The van der Waals surface area contributed by atoms with E-state index in [1.807, 2.05) is 27.7 Å². The molecular weight excluding hydrogens is 731 g/mol. The van der Waals surface area contributed by atoms with Crippen LogP contribution in [0.25, 0.3) is 32.9 Å². The third kappa shape index (κ3) is 6.56. The number of allylic oxidation sites excluding steroid dienone is 2. The van der Waals surface area contributed by atoms with Crippen LogP contribution in [0.5, 0.6) is 0 Å². The number of carbonyl (C=O) groups excluding carboxylic acids is 1. The first-order valence-electron chi connectivity index (χ1n) is 16.6. The van der Waals surface area contributed by atoms with Gasteiger partial charge in [-0.1, -0.05) is 115 Å². The van der Waals surface area contributed by atoms with Crippen LogP contribution < -0.4 is 0 Å². The summed E-state index contributed by atoms with van der Waals surface area (Å²) >= 11 is 0. The smallest absolute Gasteiger partial charge is 0.162 e. The maximum Gasteiger partial charge on any atom is 0.162 e. The molecular formula is C41H52IrNO2-. The minimum absolute atomic E-state index is 0. The molecule has 5 rings (SSSR count). The third-order valence-corrected chi connectivity index (χ3v) is 10.7. The van der Waals surface area contributed by atoms with Crippen LogP contribution in [-0.4, -0.2) is 15.9 Å². The molecule has 0 saturated heterocycles. The number of aliphatic hydroxyl groups excluding tert-OH is 1. The minimum Gasteiger partial charge on any atom is -0.512 e. The van der Waals surface area contributed by atoms with Gasteiger partial charge in [-0.05, 0) is 67.6 Å². The maximum absolute atomic E-state index is 11.7. The number of para-hydroxylation sites is 1. The Labute approximate surface area is 285 Å². The van der Waals surface area contributed by atoms with Gasteiger partial charge in [-0.25, -0.2) is 0 Å². The van der Waals surface area contributed by atoms with E-state index in [1.54, 1.807) is 0 Å². The first kappa shape index (κ1) is 36.7. The van der Waals surface area contributed by atoms with Crippen molar-refractivity contribution in [2.45, 2.75) is 113 Å². The number of aryl methyl sites for hydroxylation is 3. The molecule has 1 aliphatic carbocycles. The summed E-state index contributed by atoms with van der Waals surface area (Å²) in [6.07, 6.45) is 4.91. The number of hydrogen-bond acceptors (Lipinski definition) is 3. The Hall–Kier alpha value is -2.81. The molecule has 1 radical (unpaired) electrons. The van der Waals surface area contributed by atoms with E-state index in [4.69, 9.17) is 4.98 Å². The minimum atomic E-state index is -0.0491. The molecule has 0 spiro atoms. The van der Waals surface area contributed by atoms with Crippen LogP contribution >= 0.6 is 0 Å². The molecule has 0 unspecified atom stereocenters. The molecule has 0 bridgehead atoms. The number of aliphatic hydroxyl groups is 1. The van der Waals surface area contributed by atoms with Crippen LogP contribution in [0.15, 0.2) is 54.3 Å². The summed E-state index contributed by atoms with van der Waals surface area (Å²) in [7, 11) is 0. The second-order valence-corrected chi connectivity index (χ2v) is 13.8. The van der Waals surface area contributed by atoms with E-state index in [0.29, 0.717) is 0 Å². The number of pyridine rings is 1. The SMILES string of the molecule is CCC(CC)C(=O)/C=C(\O)C(CC)CC.Cc1ccc2[c-]c3c(c(C)c2c1)C(C)(C)C(C)(C)c1c-3nc2ccccc2c1C.[Ir]. The molecule has 1 N–H and O–H groups in total. The van der Waals surface area contributed by atoms with Crippen LogP contribution in [0, 0.1) is 38.7 Å². The molecule has 1 heterocycles. The van der Waals surface area contributed by atoms with Gasteiger partial charge < -0.3 is 5.11 Å². The zero-order valence-corrected chi connectivity index (χ0v) is 31.6. The van der Waals surface area contributed by atoms with E-state index in [-0.39, 0.29) is 54.3 Å². The molecule has 1 aliphatic rings. The Kier molecular flexibility index (Phi) is 11.7. The molecule has 3 nitrogen and oxygen atoms in total. The average molecular weight is 783 g/mol. The van der Waals surface area contributed by atoms with Crippen molar-refractivity contribution in [3.8, 4) is 11.3 Å². The molecule has 4 heteroatoms. The van der Waals surface area contributed by atoms with Gasteiger partial charge in [0.25, 0.3) is 0 Å². The zero-order chi connectivity index (χ0) is 32.6. The molecule has 0 fully saturated rings. The third-order valence-electron chi connectivity index (χ3n) is 10.7. The molecule has 1 aromatic heterocycles. The van der Waals surface area contributed by atoms with Gasteiger partial charge >= 0.3 is 0 Å². The fourth-order valence-electron chi connectivity index (χ4n) is 7.28. The standard InChI is InChI=1S/C28H28N.C13H24O2.Ir/c1-16-12-13-19-15-22-24(18(3)21(19)14-16)27(4,5)28(6,7)25-17(2)20-10-8-9-11-23(20)29-26(22)25;1-5-10(6-2)12(14)9-13(15)11(7-3)8-4;/h8-14H,1-7H3;9-11,14H,5-8H2,1-4H3;/q-1;;/b;12-9-;. The number of ketones is 1. The number of fused-ring (bicyclic) bond motifs is 5. The quantitative estimate of drug-likeness (QED) is 0.115. The van der Waals surface area contributed by atoms with Gasteiger partial charge in [-0.2, -0.15) is 0 Å². The van der Waals surface area contributed by atoms with E-state index >= 15 is 0 Å². The van der Waals surface area contributed by atoms with Crippen LogP contribution in [0.1, 0.15) is 109 Å². The summed E-state index contributed by atoms with van der Waals surface area (Å²) in [6.45, 7) is 24.4. The van der Waals surface area contributed by atoms with Crippen molar-refractivity contribution in [3.05, 3.63) is 88.2 Å². The van der Waals surface area contributed by atoms with Crippen molar-refractivity contribution in [3.63, 3.8) is 0 Å². The average Bonchev–Trinajstić information content (AvgIpc) is 2.98. The van der Waals surface area contributed by atoms with E-state index in [1.165, 1.54) is 55.6 Å². The first-order chi connectivity index (χ1) is 20.7. The van der Waals surface area contributed by atoms with Crippen LogP contribution in [0.3, 0.4) is 0 Å². The number of nitrogens with zero attached hydrogens (tertiary/aromatic N) is 1. The molecule has 0 aliphatic heterocycles. The maximum atomic E-state index is 11.7. The van der Waals surface area contributed by atoms with Crippen molar-refractivity contribution < 1.29 is 30.0 Å². The Morgan fingerprint density at radius 1 is 0.822 bits per heavy atom. The van der Waals surface area contributed by atoms with Crippen LogP contribution in [-0.2, 0) is 35.7 Å². The summed E-state index contributed by atoms with van der Waals surface area (Å²) in [5.41, 5.74) is 10.1. The van der Waals surface area contributed by atoms with Gasteiger partial charge in [-0.15, -0.1) is 23.1 Å². The van der Waals surface area contributed by atoms with Crippen molar-refractivity contribution in [1.29, 1.82) is 0 Å².